The number of methoxy groups -OCH3 is 1. The van der Waals surface area contributed by atoms with Crippen LogP contribution in [0.15, 0.2) is 12.1 Å². The van der Waals surface area contributed by atoms with Crippen LogP contribution < -0.4 is 4.74 Å². The van der Waals surface area contributed by atoms with Gasteiger partial charge in [0.15, 0.2) is 5.75 Å². The van der Waals surface area contributed by atoms with E-state index in [1.807, 2.05) is 6.92 Å². The summed E-state index contributed by atoms with van der Waals surface area (Å²) >= 11 is 12.0. The zero-order valence-corrected chi connectivity index (χ0v) is 11.2. The predicted octanol–water partition coefficient (Wildman–Crippen LogP) is 3.97. The van der Waals surface area contributed by atoms with Crippen LogP contribution in [0.25, 0.3) is 0 Å². The van der Waals surface area contributed by atoms with Crippen molar-refractivity contribution in [3.05, 3.63) is 27.7 Å². The lowest BCUT2D eigenvalue weighted by atomic mass is 9.93. The molecule has 0 fully saturated rings. The van der Waals surface area contributed by atoms with Gasteiger partial charge in [0, 0.05) is 0 Å². The van der Waals surface area contributed by atoms with E-state index in [-0.39, 0.29) is 12.3 Å². The molecule has 0 aliphatic carbocycles. The second-order valence-electron chi connectivity index (χ2n) is 3.72. The van der Waals surface area contributed by atoms with Crippen molar-refractivity contribution in [2.45, 2.75) is 25.7 Å². The molecule has 0 heterocycles. The van der Waals surface area contributed by atoms with E-state index >= 15 is 0 Å². The van der Waals surface area contributed by atoms with Gasteiger partial charge in [0.2, 0.25) is 0 Å². The van der Waals surface area contributed by atoms with E-state index in [0.29, 0.717) is 22.2 Å². The van der Waals surface area contributed by atoms with Crippen molar-refractivity contribution in [3.8, 4) is 5.75 Å². The fourth-order valence-corrected chi connectivity index (χ4v) is 2.38. The van der Waals surface area contributed by atoms with Gasteiger partial charge in [-0.25, -0.2) is 0 Å². The first-order valence-corrected chi connectivity index (χ1v) is 5.99. The molecule has 0 spiro atoms. The molecule has 0 amide bonds. The number of carboxylic acids is 1. The van der Waals surface area contributed by atoms with Gasteiger partial charge in [0.1, 0.15) is 0 Å². The Morgan fingerprint density at radius 2 is 1.94 bits per heavy atom. The quantitative estimate of drug-likeness (QED) is 0.885. The molecule has 0 aromatic heterocycles. The first-order valence-electron chi connectivity index (χ1n) is 5.24. The molecule has 17 heavy (non-hydrogen) atoms. The minimum Gasteiger partial charge on any atom is -0.494 e. The maximum absolute atomic E-state index is 10.7. The van der Waals surface area contributed by atoms with Crippen molar-refractivity contribution in [3.63, 3.8) is 0 Å². The molecule has 1 aromatic rings. The highest BCUT2D eigenvalue weighted by atomic mass is 35.5. The van der Waals surface area contributed by atoms with E-state index in [9.17, 15) is 4.79 Å². The van der Waals surface area contributed by atoms with Gasteiger partial charge < -0.3 is 9.84 Å². The Hall–Kier alpha value is -0.930. The molecule has 0 aliphatic rings. The number of carboxylic acid groups (broad SMARTS) is 1. The molecule has 5 heteroatoms. The smallest absolute Gasteiger partial charge is 0.303 e. The average molecular weight is 277 g/mol. The standard InChI is InChI=1S/C12H14Cl2O3/c1-3-7(6-11(15)16)8-4-9(13)12(17-2)10(14)5-8/h4-5,7H,3,6H2,1-2H3,(H,15,16). The molecule has 1 N–H and O–H groups in total. The summed E-state index contributed by atoms with van der Waals surface area (Å²) in [7, 11) is 1.49. The Bertz CT molecular complexity index is 395. The van der Waals surface area contributed by atoms with Gasteiger partial charge in [-0.3, -0.25) is 4.79 Å². The Balaban J connectivity index is 3.09. The van der Waals surface area contributed by atoms with Gasteiger partial charge in [-0.2, -0.15) is 0 Å². The highest BCUT2D eigenvalue weighted by Gasteiger charge is 2.17. The number of hydrogen-bond donors (Lipinski definition) is 1. The van der Waals surface area contributed by atoms with Crippen LogP contribution in [-0.2, 0) is 4.79 Å². The van der Waals surface area contributed by atoms with E-state index in [4.69, 9.17) is 33.0 Å². The van der Waals surface area contributed by atoms with Crippen LogP contribution in [0, 0.1) is 0 Å². The number of ether oxygens (including phenoxy) is 1. The predicted molar refractivity (Wildman–Crippen MR) is 68.3 cm³/mol. The zero-order chi connectivity index (χ0) is 13.0. The molecule has 1 rings (SSSR count). The fraction of sp³-hybridized carbons (Fsp3) is 0.417. The summed E-state index contributed by atoms with van der Waals surface area (Å²) in [5, 5.41) is 9.63. The summed E-state index contributed by atoms with van der Waals surface area (Å²) in [5.74, 6) is -0.504. The second-order valence-corrected chi connectivity index (χ2v) is 4.54. The summed E-state index contributed by atoms with van der Waals surface area (Å²) < 4.78 is 5.05. The number of carbonyl (C=O) groups is 1. The van der Waals surface area contributed by atoms with Crippen molar-refractivity contribution in [1.29, 1.82) is 0 Å². The molecule has 0 bridgehead atoms. The van der Waals surface area contributed by atoms with E-state index in [2.05, 4.69) is 0 Å². The summed E-state index contributed by atoms with van der Waals surface area (Å²) in [6, 6.07) is 3.42. The highest BCUT2D eigenvalue weighted by Crippen LogP contribution is 2.37. The number of hydrogen-bond acceptors (Lipinski definition) is 2. The Kier molecular flexibility index (Phi) is 5.09. The van der Waals surface area contributed by atoms with Crippen LogP contribution in [0.4, 0.5) is 0 Å². The lowest BCUT2D eigenvalue weighted by Crippen LogP contribution is -2.05. The fourth-order valence-electron chi connectivity index (χ4n) is 1.72. The second kappa shape index (κ2) is 6.12. The molecular formula is C12H14Cl2O3. The van der Waals surface area contributed by atoms with Crippen LogP contribution in [0.1, 0.15) is 31.2 Å². The molecule has 1 atom stereocenters. The van der Waals surface area contributed by atoms with E-state index in [1.54, 1.807) is 12.1 Å². The minimum absolute atomic E-state index is 0.0650. The molecule has 0 aliphatic heterocycles. The monoisotopic (exact) mass is 276 g/mol. The van der Waals surface area contributed by atoms with Gasteiger partial charge in [0.25, 0.3) is 0 Å². The molecule has 94 valence electrons. The van der Waals surface area contributed by atoms with Gasteiger partial charge >= 0.3 is 5.97 Å². The normalized spacial score (nSPS) is 12.2. The van der Waals surface area contributed by atoms with Gasteiger partial charge in [-0.05, 0) is 30.0 Å². The van der Waals surface area contributed by atoms with Crippen molar-refractivity contribution in [2.24, 2.45) is 0 Å². The van der Waals surface area contributed by atoms with E-state index < -0.39 is 5.97 Å². The van der Waals surface area contributed by atoms with Gasteiger partial charge in [0.05, 0.1) is 23.6 Å². The molecule has 1 unspecified atom stereocenters. The van der Waals surface area contributed by atoms with Crippen molar-refractivity contribution >= 4 is 29.2 Å². The maximum Gasteiger partial charge on any atom is 0.303 e. The number of halogens is 2. The Morgan fingerprint density at radius 1 is 1.41 bits per heavy atom. The largest absolute Gasteiger partial charge is 0.494 e. The zero-order valence-electron chi connectivity index (χ0n) is 9.67. The topological polar surface area (TPSA) is 46.5 Å². The molecular weight excluding hydrogens is 263 g/mol. The Morgan fingerprint density at radius 3 is 2.29 bits per heavy atom. The highest BCUT2D eigenvalue weighted by molar-refractivity contribution is 6.37. The van der Waals surface area contributed by atoms with Crippen LogP contribution in [-0.4, -0.2) is 18.2 Å². The van der Waals surface area contributed by atoms with E-state index in [1.165, 1.54) is 7.11 Å². The molecule has 3 nitrogen and oxygen atoms in total. The summed E-state index contributed by atoms with van der Waals surface area (Å²) in [5.41, 5.74) is 0.825. The third-order valence-corrected chi connectivity index (χ3v) is 3.17. The molecule has 0 saturated carbocycles. The van der Waals surface area contributed by atoms with Gasteiger partial charge in [-0.15, -0.1) is 0 Å². The molecule has 0 radical (unpaired) electrons. The third-order valence-electron chi connectivity index (χ3n) is 2.61. The minimum atomic E-state index is -0.833. The third kappa shape index (κ3) is 3.51. The van der Waals surface area contributed by atoms with E-state index in [0.717, 1.165) is 5.56 Å². The van der Waals surface area contributed by atoms with Crippen molar-refractivity contribution in [1.82, 2.24) is 0 Å². The first kappa shape index (κ1) is 14.1. The number of rotatable bonds is 5. The lowest BCUT2D eigenvalue weighted by molar-refractivity contribution is -0.137. The Labute approximate surface area is 110 Å². The molecule has 0 saturated heterocycles. The van der Waals surface area contributed by atoms with Crippen molar-refractivity contribution in [2.75, 3.05) is 7.11 Å². The van der Waals surface area contributed by atoms with Crippen LogP contribution in [0.2, 0.25) is 10.0 Å². The maximum atomic E-state index is 10.7. The number of aliphatic carboxylic acids is 1. The lowest BCUT2D eigenvalue weighted by Gasteiger charge is -2.15. The van der Waals surface area contributed by atoms with Crippen LogP contribution >= 0.6 is 23.2 Å². The van der Waals surface area contributed by atoms with Gasteiger partial charge in [-0.1, -0.05) is 30.1 Å². The van der Waals surface area contributed by atoms with Crippen molar-refractivity contribution < 1.29 is 14.6 Å². The summed E-state index contributed by atoms with van der Waals surface area (Å²) in [4.78, 5) is 10.7. The van der Waals surface area contributed by atoms with Crippen LogP contribution in [0.5, 0.6) is 5.75 Å². The number of benzene rings is 1. The summed E-state index contributed by atoms with van der Waals surface area (Å²) in [6.45, 7) is 1.93. The molecule has 1 aromatic carbocycles. The average Bonchev–Trinajstić information content (AvgIpc) is 2.25. The first-order chi connectivity index (χ1) is 7.99. The van der Waals surface area contributed by atoms with Crippen LogP contribution in [0.3, 0.4) is 0 Å². The SMILES string of the molecule is CCC(CC(=O)O)c1cc(Cl)c(OC)c(Cl)c1. The summed E-state index contributed by atoms with van der Waals surface area (Å²) in [6.07, 6.45) is 0.779.